The molecule has 136 valence electrons. The molecule has 0 spiro atoms. The van der Waals surface area contributed by atoms with Crippen LogP contribution in [0.1, 0.15) is 31.2 Å². The molecule has 0 saturated heterocycles. The Morgan fingerprint density at radius 2 is 1.92 bits per heavy atom. The molecule has 0 radical (unpaired) electrons. The average Bonchev–Trinajstić information content (AvgIpc) is 3.06. The van der Waals surface area contributed by atoms with E-state index in [0.29, 0.717) is 5.88 Å². The first-order valence-corrected chi connectivity index (χ1v) is 8.98. The summed E-state index contributed by atoms with van der Waals surface area (Å²) in [5.41, 5.74) is 3.86. The summed E-state index contributed by atoms with van der Waals surface area (Å²) in [7, 11) is 1.66. The van der Waals surface area contributed by atoms with Crippen LogP contribution in [0.5, 0.6) is 11.6 Å². The lowest BCUT2D eigenvalue weighted by Crippen LogP contribution is -2.26. The molecule has 0 amide bonds. The highest BCUT2D eigenvalue weighted by Crippen LogP contribution is 2.28. The number of hydrogen-bond donors (Lipinski definition) is 1. The van der Waals surface area contributed by atoms with Crippen LogP contribution in [0, 0.1) is 6.92 Å². The molecular weight excluding hydrogens is 330 g/mol. The molecule has 1 aliphatic rings. The fraction of sp³-hybridized carbons (Fsp3) is 0.400. The number of aryl methyl sites for hydroxylation is 1. The van der Waals surface area contributed by atoms with Crippen LogP contribution in [-0.4, -0.2) is 39.0 Å². The normalized spacial score (nSPS) is 20.3. The van der Waals surface area contributed by atoms with Crippen molar-refractivity contribution in [3.63, 3.8) is 0 Å². The Labute approximate surface area is 152 Å². The maximum atomic E-state index is 9.64. The number of methoxy groups -OCH3 is 1. The second kappa shape index (κ2) is 6.96. The van der Waals surface area contributed by atoms with Gasteiger partial charge < -0.3 is 14.6 Å². The van der Waals surface area contributed by atoms with Crippen LogP contribution >= 0.6 is 0 Å². The number of benzene rings is 1. The van der Waals surface area contributed by atoms with Gasteiger partial charge in [-0.15, -0.1) is 5.10 Å². The van der Waals surface area contributed by atoms with Crippen molar-refractivity contribution in [2.45, 2.75) is 44.8 Å². The molecule has 1 N–H and O–H groups in total. The van der Waals surface area contributed by atoms with E-state index in [1.165, 1.54) is 0 Å². The zero-order valence-corrected chi connectivity index (χ0v) is 15.1. The summed E-state index contributed by atoms with van der Waals surface area (Å²) in [6.45, 7) is 2.05. The number of aromatic nitrogens is 3. The number of fused-ring (bicyclic) bond motifs is 1. The van der Waals surface area contributed by atoms with E-state index in [9.17, 15) is 5.11 Å². The van der Waals surface area contributed by atoms with Gasteiger partial charge in [0.05, 0.1) is 25.1 Å². The van der Waals surface area contributed by atoms with E-state index in [1.807, 2.05) is 48.0 Å². The van der Waals surface area contributed by atoms with Crippen LogP contribution in [0.25, 0.3) is 16.9 Å². The highest BCUT2D eigenvalue weighted by molar-refractivity contribution is 5.67. The minimum absolute atomic E-state index is 0.109. The number of hydrogen-bond acceptors (Lipinski definition) is 5. The highest BCUT2D eigenvalue weighted by atomic mass is 16.5. The second-order valence-electron chi connectivity index (χ2n) is 6.81. The second-order valence-corrected chi connectivity index (χ2v) is 6.81. The van der Waals surface area contributed by atoms with E-state index in [1.54, 1.807) is 7.11 Å². The molecule has 6 heteroatoms. The number of nitrogens with zero attached hydrogens (tertiary/aromatic N) is 3. The van der Waals surface area contributed by atoms with Gasteiger partial charge in [0.2, 0.25) is 5.88 Å². The Balaban J connectivity index is 1.64. The van der Waals surface area contributed by atoms with Crippen LogP contribution in [-0.2, 0) is 0 Å². The van der Waals surface area contributed by atoms with Crippen molar-refractivity contribution in [1.82, 2.24) is 14.6 Å². The van der Waals surface area contributed by atoms with Gasteiger partial charge in [-0.2, -0.15) is 0 Å². The zero-order chi connectivity index (χ0) is 18.1. The third kappa shape index (κ3) is 3.24. The lowest BCUT2D eigenvalue weighted by Gasteiger charge is -2.25. The summed E-state index contributed by atoms with van der Waals surface area (Å²) >= 11 is 0. The molecular formula is C20H23N3O3. The van der Waals surface area contributed by atoms with Gasteiger partial charge in [0.1, 0.15) is 11.9 Å². The summed E-state index contributed by atoms with van der Waals surface area (Å²) < 4.78 is 13.2. The van der Waals surface area contributed by atoms with E-state index < -0.39 is 0 Å². The maximum absolute atomic E-state index is 9.64. The van der Waals surface area contributed by atoms with Gasteiger partial charge in [0, 0.05) is 11.6 Å². The van der Waals surface area contributed by atoms with Gasteiger partial charge >= 0.3 is 0 Å². The molecule has 1 aromatic carbocycles. The van der Waals surface area contributed by atoms with Gasteiger partial charge in [-0.3, -0.25) is 0 Å². The average molecular weight is 353 g/mol. The first-order valence-electron chi connectivity index (χ1n) is 8.98. The maximum Gasteiger partial charge on any atom is 0.232 e. The van der Waals surface area contributed by atoms with Crippen molar-refractivity contribution in [3.05, 3.63) is 42.1 Å². The Bertz CT molecular complexity index is 914. The van der Waals surface area contributed by atoms with Gasteiger partial charge in [0.25, 0.3) is 0 Å². The molecule has 0 aliphatic heterocycles. The molecule has 0 atom stereocenters. The molecule has 1 aliphatic carbocycles. The topological polar surface area (TPSA) is 68.9 Å². The predicted octanol–water partition coefficient (Wildman–Crippen LogP) is 3.40. The Kier molecular flexibility index (Phi) is 4.51. The fourth-order valence-corrected chi connectivity index (χ4v) is 3.49. The number of imidazole rings is 1. The van der Waals surface area contributed by atoms with Crippen molar-refractivity contribution in [2.24, 2.45) is 0 Å². The summed E-state index contributed by atoms with van der Waals surface area (Å²) in [5, 5.41) is 14.3. The number of aliphatic hydroxyl groups is 1. The lowest BCUT2D eigenvalue weighted by atomic mass is 9.95. The minimum atomic E-state index is -0.191. The van der Waals surface area contributed by atoms with Crippen LogP contribution < -0.4 is 9.47 Å². The third-order valence-electron chi connectivity index (χ3n) is 4.98. The van der Waals surface area contributed by atoms with Crippen LogP contribution in [0.3, 0.4) is 0 Å². The zero-order valence-electron chi connectivity index (χ0n) is 15.1. The van der Waals surface area contributed by atoms with E-state index in [-0.39, 0.29) is 12.2 Å². The quantitative estimate of drug-likeness (QED) is 0.778. The van der Waals surface area contributed by atoms with Crippen LogP contribution in [0.15, 0.2) is 36.5 Å². The van der Waals surface area contributed by atoms with Gasteiger partial charge in [-0.05, 0) is 62.4 Å². The summed E-state index contributed by atoms with van der Waals surface area (Å²) in [5.74, 6) is 1.42. The largest absolute Gasteiger partial charge is 0.497 e. The van der Waals surface area contributed by atoms with Crippen molar-refractivity contribution < 1.29 is 14.6 Å². The molecule has 26 heavy (non-hydrogen) atoms. The Hall–Kier alpha value is -2.60. The SMILES string of the molecule is COc1ccc(-c2cnc3ccc(OC4CCC(O)CC4)nn23)c(C)c1. The number of aliphatic hydroxyl groups excluding tert-OH is 1. The molecule has 1 saturated carbocycles. The van der Waals surface area contributed by atoms with E-state index in [2.05, 4.69) is 10.1 Å². The van der Waals surface area contributed by atoms with Crippen molar-refractivity contribution >= 4 is 5.65 Å². The van der Waals surface area contributed by atoms with Crippen molar-refractivity contribution in [1.29, 1.82) is 0 Å². The Morgan fingerprint density at radius 1 is 1.12 bits per heavy atom. The lowest BCUT2D eigenvalue weighted by molar-refractivity contribution is 0.0637. The minimum Gasteiger partial charge on any atom is -0.497 e. The monoisotopic (exact) mass is 353 g/mol. The predicted molar refractivity (Wildman–Crippen MR) is 98.6 cm³/mol. The molecule has 6 nitrogen and oxygen atoms in total. The molecule has 2 heterocycles. The third-order valence-corrected chi connectivity index (χ3v) is 4.98. The first-order chi connectivity index (χ1) is 12.6. The number of ether oxygens (including phenoxy) is 2. The van der Waals surface area contributed by atoms with Gasteiger partial charge in [-0.25, -0.2) is 9.50 Å². The van der Waals surface area contributed by atoms with Crippen molar-refractivity contribution in [3.8, 4) is 22.9 Å². The molecule has 0 bridgehead atoms. The molecule has 0 unspecified atom stereocenters. The Morgan fingerprint density at radius 3 is 2.65 bits per heavy atom. The smallest absolute Gasteiger partial charge is 0.232 e. The van der Waals surface area contributed by atoms with Crippen LogP contribution in [0.4, 0.5) is 0 Å². The molecule has 2 aromatic heterocycles. The summed E-state index contributed by atoms with van der Waals surface area (Å²) in [6, 6.07) is 9.74. The van der Waals surface area contributed by atoms with E-state index in [4.69, 9.17) is 9.47 Å². The van der Waals surface area contributed by atoms with Gasteiger partial charge in [0.15, 0.2) is 5.65 Å². The highest BCUT2D eigenvalue weighted by Gasteiger charge is 2.21. The summed E-state index contributed by atoms with van der Waals surface area (Å²) in [6.07, 6.45) is 5.03. The molecule has 1 fully saturated rings. The standard InChI is InChI=1S/C20H23N3O3/c1-13-11-16(25-2)7-8-17(13)18-12-21-19-9-10-20(22-23(18)19)26-15-5-3-14(24)4-6-15/h7-12,14-15,24H,3-6H2,1-2H3. The van der Waals surface area contributed by atoms with E-state index >= 15 is 0 Å². The number of rotatable bonds is 4. The van der Waals surface area contributed by atoms with Gasteiger partial charge in [-0.1, -0.05) is 0 Å². The van der Waals surface area contributed by atoms with E-state index in [0.717, 1.165) is 53.9 Å². The fourth-order valence-electron chi connectivity index (χ4n) is 3.49. The molecule has 3 aromatic rings. The summed E-state index contributed by atoms with van der Waals surface area (Å²) in [4.78, 5) is 4.46. The van der Waals surface area contributed by atoms with Crippen molar-refractivity contribution in [2.75, 3.05) is 7.11 Å². The first kappa shape index (κ1) is 16.8. The van der Waals surface area contributed by atoms with Crippen LogP contribution in [0.2, 0.25) is 0 Å². The molecule has 4 rings (SSSR count).